The molecule has 0 spiro atoms. The molecule has 0 fully saturated rings. The first-order chi connectivity index (χ1) is 14.1. The normalized spacial score (nSPS) is 16.2. The van der Waals surface area contributed by atoms with Crippen LogP contribution < -0.4 is 10.6 Å². The molecule has 2 aromatic carbocycles. The molecule has 0 saturated carbocycles. The fourth-order valence-electron chi connectivity index (χ4n) is 3.44. The van der Waals surface area contributed by atoms with Crippen LogP contribution >= 0.6 is 12.2 Å². The zero-order valence-electron chi connectivity index (χ0n) is 16.0. The van der Waals surface area contributed by atoms with Crippen molar-refractivity contribution in [3.8, 4) is 16.9 Å². The molecule has 1 aliphatic heterocycles. The van der Waals surface area contributed by atoms with Crippen LogP contribution in [0.1, 0.15) is 18.5 Å². The minimum absolute atomic E-state index is 0.415. The number of aromatic nitrogens is 2. The fraction of sp³-hybridized carbons (Fsp3) is 0.136. The lowest BCUT2D eigenvalue weighted by Gasteiger charge is -2.29. The van der Waals surface area contributed by atoms with Gasteiger partial charge in [-0.2, -0.15) is 5.10 Å². The summed E-state index contributed by atoms with van der Waals surface area (Å²) in [4.78, 5) is 12.6. The molecule has 0 radical (unpaired) electrons. The first-order valence-corrected chi connectivity index (χ1v) is 9.56. The van der Waals surface area contributed by atoms with Crippen molar-refractivity contribution in [3.63, 3.8) is 0 Å². The maximum atomic E-state index is 12.6. The second-order valence-corrected chi connectivity index (χ2v) is 7.05. The molecule has 0 saturated heterocycles. The molecule has 7 heteroatoms. The predicted molar refractivity (Wildman–Crippen MR) is 115 cm³/mol. The first-order valence-electron chi connectivity index (χ1n) is 9.15. The van der Waals surface area contributed by atoms with Gasteiger partial charge in [0.05, 0.1) is 30.1 Å². The molecule has 2 heterocycles. The van der Waals surface area contributed by atoms with Crippen LogP contribution in [0.4, 0.5) is 0 Å². The van der Waals surface area contributed by atoms with Crippen LogP contribution in [0.5, 0.6) is 0 Å². The van der Waals surface area contributed by atoms with Crippen molar-refractivity contribution in [2.75, 3.05) is 7.11 Å². The average molecular weight is 404 g/mol. The summed E-state index contributed by atoms with van der Waals surface area (Å²) in [7, 11) is 1.37. The summed E-state index contributed by atoms with van der Waals surface area (Å²) in [5.74, 6) is -0.415. The molecule has 3 aromatic rings. The van der Waals surface area contributed by atoms with Gasteiger partial charge in [0.2, 0.25) is 0 Å². The van der Waals surface area contributed by atoms with E-state index in [1.807, 2.05) is 78.5 Å². The van der Waals surface area contributed by atoms with Crippen LogP contribution in [0.3, 0.4) is 0 Å². The van der Waals surface area contributed by atoms with Crippen molar-refractivity contribution in [3.05, 3.63) is 83.7 Å². The van der Waals surface area contributed by atoms with E-state index in [0.29, 0.717) is 16.4 Å². The molecule has 0 bridgehead atoms. The summed E-state index contributed by atoms with van der Waals surface area (Å²) >= 11 is 5.36. The number of esters is 1. The highest BCUT2D eigenvalue weighted by Gasteiger charge is 2.33. The van der Waals surface area contributed by atoms with Gasteiger partial charge in [0, 0.05) is 23.0 Å². The van der Waals surface area contributed by atoms with Crippen LogP contribution in [0, 0.1) is 0 Å². The van der Waals surface area contributed by atoms with E-state index in [-0.39, 0.29) is 0 Å². The van der Waals surface area contributed by atoms with Crippen LogP contribution in [0.25, 0.3) is 16.9 Å². The number of carbonyl (C=O) groups excluding carboxylic acids is 1. The average Bonchev–Trinajstić information content (AvgIpc) is 3.19. The highest BCUT2D eigenvalue weighted by atomic mass is 32.1. The molecule has 0 amide bonds. The maximum absolute atomic E-state index is 12.6. The van der Waals surface area contributed by atoms with E-state index < -0.39 is 12.0 Å². The Labute approximate surface area is 174 Å². The van der Waals surface area contributed by atoms with E-state index in [9.17, 15) is 4.79 Å². The van der Waals surface area contributed by atoms with Crippen LogP contribution in [0.2, 0.25) is 0 Å². The Bertz CT molecular complexity index is 1090. The van der Waals surface area contributed by atoms with Crippen LogP contribution in [-0.4, -0.2) is 28.0 Å². The number of allylic oxidation sites excluding steroid dienone is 1. The molecular weight excluding hydrogens is 384 g/mol. The van der Waals surface area contributed by atoms with Gasteiger partial charge in [0.15, 0.2) is 5.11 Å². The Balaban J connectivity index is 1.92. The van der Waals surface area contributed by atoms with Gasteiger partial charge in [0.1, 0.15) is 0 Å². The van der Waals surface area contributed by atoms with Gasteiger partial charge in [0.25, 0.3) is 0 Å². The number of para-hydroxylation sites is 1. The summed E-state index contributed by atoms with van der Waals surface area (Å²) in [6.07, 6.45) is 1.93. The van der Waals surface area contributed by atoms with Crippen molar-refractivity contribution < 1.29 is 9.53 Å². The minimum atomic E-state index is -0.483. The number of rotatable bonds is 4. The summed E-state index contributed by atoms with van der Waals surface area (Å²) in [6.45, 7) is 1.82. The number of ether oxygens (including phenoxy) is 1. The maximum Gasteiger partial charge on any atom is 0.337 e. The number of carbonyl (C=O) groups is 1. The molecule has 4 rings (SSSR count). The van der Waals surface area contributed by atoms with Crippen molar-refractivity contribution in [2.45, 2.75) is 13.0 Å². The van der Waals surface area contributed by atoms with E-state index in [1.54, 1.807) is 0 Å². The van der Waals surface area contributed by atoms with Gasteiger partial charge in [-0.1, -0.05) is 48.5 Å². The lowest BCUT2D eigenvalue weighted by molar-refractivity contribution is -0.136. The molecule has 1 aliphatic rings. The lowest BCUT2D eigenvalue weighted by Crippen LogP contribution is -2.45. The molecular formula is C22H20N4O2S. The number of nitrogens with zero attached hydrogens (tertiary/aromatic N) is 2. The number of benzene rings is 2. The highest BCUT2D eigenvalue weighted by Crippen LogP contribution is 2.34. The van der Waals surface area contributed by atoms with Crippen molar-refractivity contribution >= 4 is 23.3 Å². The van der Waals surface area contributed by atoms with E-state index >= 15 is 0 Å². The lowest BCUT2D eigenvalue weighted by atomic mass is 9.94. The van der Waals surface area contributed by atoms with E-state index in [2.05, 4.69) is 10.6 Å². The summed E-state index contributed by atoms with van der Waals surface area (Å²) in [5.41, 5.74) is 4.62. The Hall–Kier alpha value is -3.45. The summed E-state index contributed by atoms with van der Waals surface area (Å²) in [6, 6.07) is 19.2. The fourth-order valence-corrected chi connectivity index (χ4v) is 3.71. The SMILES string of the molecule is COC(=O)C1=C(C)NC(=S)NC1c1cn(-c2ccccc2)nc1-c1ccccc1. The van der Waals surface area contributed by atoms with E-state index in [0.717, 1.165) is 22.5 Å². The third-order valence-electron chi connectivity index (χ3n) is 4.80. The topological polar surface area (TPSA) is 68.2 Å². The first kappa shape index (κ1) is 18.9. The molecule has 6 nitrogen and oxygen atoms in total. The second kappa shape index (κ2) is 7.89. The second-order valence-electron chi connectivity index (χ2n) is 6.64. The third kappa shape index (κ3) is 3.64. The van der Waals surface area contributed by atoms with Gasteiger partial charge in [-0.05, 0) is 31.3 Å². The standard InChI is InChI=1S/C22H20N4O2S/c1-14-18(21(27)28-2)20(24-22(29)23-14)17-13-26(16-11-7-4-8-12-16)25-19(17)15-9-5-3-6-10-15/h3-13,20H,1-2H3,(H2,23,24,29). The minimum Gasteiger partial charge on any atom is -0.466 e. The number of nitrogens with one attached hydrogen (secondary N) is 2. The van der Waals surface area contributed by atoms with Crippen LogP contribution in [0.15, 0.2) is 78.1 Å². The number of methoxy groups -OCH3 is 1. The van der Waals surface area contributed by atoms with E-state index in [1.165, 1.54) is 7.11 Å². The molecule has 1 unspecified atom stereocenters. The Morgan fingerprint density at radius 3 is 2.41 bits per heavy atom. The molecule has 2 N–H and O–H groups in total. The molecule has 146 valence electrons. The largest absolute Gasteiger partial charge is 0.466 e. The van der Waals surface area contributed by atoms with Gasteiger partial charge < -0.3 is 15.4 Å². The van der Waals surface area contributed by atoms with Crippen molar-refractivity contribution in [2.24, 2.45) is 0 Å². The summed E-state index contributed by atoms with van der Waals surface area (Å²) < 4.78 is 6.85. The number of hydrogen-bond acceptors (Lipinski definition) is 4. The molecule has 0 aliphatic carbocycles. The van der Waals surface area contributed by atoms with Gasteiger partial charge in [-0.3, -0.25) is 0 Å². The quantitative estimate of drug-likeness (QED) is 0.512. The van der Waals surface area contributed by atoms with Gasteiger partial charge in [-0.15, -0.1) is 0 Å². The van der Waals surface area contributed by atoms with E-state index in [4.69, 9.17) is 22.1 Å². The van der Waals surface area contributed by atoms with Crippen molar-refractivity contribution in [1.29, 1.82) is 0 Å². The van der Waals surface area contributed by atoms with Crippen LogP contribution in [-0.2, 0) is 9.53 Å². The van der Waals surface area contributed by atoms with Gasteiger partial charge >= 0.3 is 5.97 Å². The van der Waals surface area contributed by atoms with Gasteiger partial charge in [-0.25, -0.2) is 9.48 Å². The zero-order chi connectivity index (χ0) is 20.4. The summed E-state index contributed by atoms with van der Waals surface area (Å²) in [5, 5.41) is 11.5. The molecule has 1 aromatic heterocycles. The predicted octanol–water partition coefficient (Wildman–Crippen LogP) is 3.51. The Kier molecular flexibility index (Phi) is 5.14. The number of thiocarbonyl (C=S) groups is 1. The molecule has 29 heavy (non-hydrogen) atoms. The Morgan fingerprint density at radius 1 is 1.10 bits per heavy atom. The Morgan fingerprint density at radius 2 is 1.76 bits per heavy atom. The third-order valence-corrected chi connectivity index (χ3v) is 5.02. The van der Waals surface area contributed by atoms with Crippen molar-refractivity contribution in [1.82, 2.24) is 20.4 Å². The smallest absolute Gasteiger partial charge is 0.337 e. The molecule has 1 atom stereocenters. The highest BCUT2D eigenvalue weighted by molar-refractivity contribution is 7.80. The zero-order valence-corrected chi connectivity index (χ0v) is 16.9. The number of hydrogen-bond donors (Lipinski definition) is 2. The monoisotopic (exact) mass is 404 g/mol.